The molecule has 0 saturated heterocycles. The second kappa shape index (κ2) is 21.4. The highest BCUT2D eigenvalue weighted by Crippen LogP contribution is 2.42. The number of aliphatic imine (C=N–C) groups is 1. The number of carboxylic acid groups (broad SMARTS) is 1. The zero-order valence-electron chi connectivity index (χ0n) is 39.3. The maximum absolute atomic E-state index is 14.2. The molecule has 2 aromatic carbocycles. The SMILES string of the molecule is CC[C@@]1(OC(=O)OCc2ccc(NC(=O)[C@H](CCCN=C(N)N)NC(=O)[C@@H](NC(=O)CCC(=O)O)C(C)C)cc2)C(=O)OCc2c1cc1n(c2=O)Cc2c-1nc1ccccc1c2/C=N/OC(C)(C)C. The molecule has 0 fully saturated rings. The molecular formula is C48H57N9O12. The summed E-state index contributed by atoms with van der Waals surface area (Å²) in [5, 5.41) is 22.0. The summed E-state index contributed by atoms with van der Waals surface area (Å²) in [6.45, 7) is 10.3. The highest BCUT2D eigenvalue weighted by atomic mass is 16.7. The summed E-state index contributed by atoms with van der Waals surface area (Å²) in [6, 6.07) is 13.2. The number of oxime groups is 1. The second-order valence-electron chi connectivity index (χ2n) is 17.9. The van der Waals surface area contributed by atoms with Crippen LogP contribution in [-0.2, 0) is 68.4 Å². The molecule has 2 aliphatic heterocycles. The summed E-state index contributed by atoms with van der Waals surface area (Å²) in [6.07, 6.45) is -0.0315. The van der Waals surface area contributed by atoms with Crippen LogP contribution in [0.5, 0.6) is 0 Å². The first kappa shape index (κ1) is 50.6. The molecule has 21 heteroatoms. The van der Waals surface area contributed by atoms with Crippen molar-refractivity contribution in [2.75, 3.05) is 11.9 Å². The van der Waals surface area contributed by atoms with Crippen molar-refractivity contribution in [2.24, 2.45) is 27.5 Å². The normalized spacial score (nSPS) is 15.8. The van der Waals surface area contributed by atoms with E-state index in [1.807, 2.05) is 45.0 Å². The van der Waals surface area contributed by atoms with Crippen molar-refractivity contribution in [3.8, 4) is 11.4 Å². The van der Waals surface area contributed by atoms with Crippen LogP contribution in [0.4, 0.5) is 10.5 Å². The molecule has 6 rings (SSSR count). The van der Waals surface area contributed by atoms with Crippen LogP contribution in [0.25, 0.3) is 22.3 Å². The number of carboxylic acids is 1. The minimum absolute atomic E-state index is 0.0967. The third-order valence-electron chi connectivity index (χ3n) is 11.4. The van der Waals surface area contributed by atoms with Crippen LogP contribution in [0.15, 0.2) is 69.5 Å². The molecule has 3 atom stereocenters. The quantitative estimate of drug-likeness (QED) is 0.0223. The molecule has 69 heavy (non-hydrogen) atoms. The van der Waals surface area contributed by atoms with Crippen molar-refractivity contribution in [1.82, 2.24) is 20.2 Å². The standard InChI is InChI=1S/C48H57N9O12/c1-7-48(33-21-36-40-31(23-57(36)43(63)32(33)25-66-44(48)64)30(22-52-69-47(4,5)6)29-11-8-9-12-34(29)54-40)68-46(65)67-24-27-14-16-28(17-15-27)53-41(61)35(13-10-20-51-45(49)50)55-42(62)39(26(2)3)56-37(58)18-19-38(59)60/h8-9,11-12,14-17,21-22,26,35,39H,7,10,13,18-20,23-25H2,1-6H3,(H,53,61)(H,55,62)(H,56,58)(H,59,60)(H4,49,50,51)/b52-22+/t35-,39-,48-/m0/s1. The van der Waals surface area contributed by atoms with Gasteiger partial charge < -0.3 is 56.1 Å². The number of benzene rings is 2. The Hall–Kier alpha value is -7.84. The molecule has 0 saturated carbocycles. The highest BCUT2D eigenvalue weighted by Gasteiger charge is 2.51. The molecule has 2 aromatic heterocycles. The summed E-state index contributed by atoms with van der Waals surface area (Å²) >= 11 is 0. The van der Waals surface area contributed by atoms with Crippen LogP contribution in [0.1, 0.15) is 101 Å². The van der Waals surface area contributed by atoms with Gasteiger partial charge in [-0.25, -0.2) is 14.6 Å². The molecule has 0 aliphatic carbocycles. The van der Waals surface area contributed by atoms with Gasteiger partial charge in [0.1, 0.15) is 30.9 Å². The van der Waals surface area contributed by atoms with Crippen molar-refractivity contribution in [2.45, 2.75) is 117 Å². The number of anilines is 1. The Kier molecular flexibility index (Phi) is 15.7. The number of pyridine rings is 2. The second-order valence-corrected chi connectivity index (χ2v) is 17.9. The number of hydrogen-bond donors (Lipinski definition) is 6. The number of cyclic esters (lactones) is 1. The average molecular weight is 952 g/mol. The van der Waals surface area contributed by atoms with Crippen molar-refractivity contribution < 1.29 is 52.9 Å². The van der Waals surface area contributed by atoms with Gasteiger partial charge in [-0.3, -0.25) is 29.0 Å². The third kappa shape index (κ3) is 12.0. The number of rotatable bonds is 19. The Morgan fingerprint density at radius 2 is 1.72 bits per heavy atom. The van der Waals surface area contributed by atoms with Gasteiger partial charge in [0.05, 0.1) is 41.6 Å². The number of nitrogens with one attached hydrogen (secondary N) is 3. The lowest BCUT2D eigenvalue weighted by Gasteiger charge is -2.35. The van der Waals surface area contributed by atoms with Crippen molar-refractivity contribution in [3.05, 3.63) is 92.8 Å². The topological polar surface area (TPSA) is 307 Å². The first-order chi connectivity index (χ1) is 32.7. The number of nitrogens with zero attached hydrogens (tertiary/aromatic N) is 4. The van der Waals surface area contributed by atoms with Gasteiger partial charge in [-0.15, -0.1) is 0 Å². The van der Waals surface area contributed by atoms with Gasteiger partial charge in [-0.2, -0.15) is 0 Å². The fourth-order valence-corrected chi connectivity index (χ4v) is 7.86. The van der Waals surface area contributed by atoms with E-state index in [2.05, 4.69) is 26.1 Å². The van der Waals surface area contributed by atoms with Crippen LogP contribution in [0.3, 0.4) is 0 Å². The van der Waals surface area contributed by atoms with Crippen LogP contribution < -0.4 is 33.0 Å². The summed E-state index contributed by atoms with van der Waals surface area (Å²) in [5.41, 5.74) is 12.0. The summed E-state index contributed by atoms with van der Waals surface area (Å²) in [5.74, 6) is -4.47. The van der Waals surface area contributed by atoms with Crippen LogP contribution in [-0.4, -0.2) is 86.9 Å². The van der Waals surface area contributed by atoms with Crippen LogP contribution in [0, 0.1) is 5.92 Å². The van der Waals surface area contributed by atoms with E-state index < -0.39 is 77.0 Å². The van der Waals surface area contributed by atoms with E-state index in [4.69, 9.17) is 40.6 Å². The van der Waals surface area contributed by atoms with Crippen LogP contribution in [0.2, 0.25) is 0 Å². The number of fused-ring (bicyclic) bond motifs is 5. The number of esters is 1. The van der Waals surface area contributed by atoms with Gasteiger partial charge in [-0.1, -0.05) is 56.3 Å². The molecule has 3 amide bonds. The maximum Gasteiger partial charge on any atom is 0.510 e. The molecule has 8 N–H and O–H groups in total. The van der Waals surface area contributed by atoms with E-state index in [0.717, 1.165) is 10.9 Å². The number of aliphatic carboxylic acids is 1. The lowest BCUT2D eigenvalue weighted by molar-refractivity contribution is -0.175. The number of carbonyl (C=O) groups is 6. The Bertz CT molecular complexity index is 2760. The average Bonchev–Trinajstić information content (AvgIpc) is 3.66. The molecular weight excluding hydrogens is 895 g/mol. The molecule has 4 heterocycles. The zero-order chi connectivity index (χ0) is 50.2. The van der Waals surface area contributed by atoms with E-state index in [1.54, 1.807) is 61.9 Å². The van der Waals surface area contributed by atoms with Crippen molar-refractivity contribution in [3.63, 3.8) is 0 Å². The van der Waals surface area contributed by atoms with E-state index >= 15 is 0 Å². The van der Waals surface area contributed by atoms with Gasteiger partial charge in [0.25, 0.3) is 5.56 Å². The van der Waals surface area contributed by atoms with E-state index in [1.165, 1.54) is 0 Å². The number of para-hydroxylation sites is 1. The minimum Gasteiger partial charge on any atom is -0.481 e. The van der Waals surface area contributed by atoms with Gasteiger partial charge in [0.2, 0.25) is 23.3 Å². The number of aromatic nitrogens is 2. The Labute approximate surface area is 397 Å². The zero-order valence-corrected chi connectivity index (χ0v) is 39.3. The third-order valence-corrected chi connectivity index (χ3v) is 11.4. The molecule has 4 aromatic rings. The lowest BCUT2D eigenvalue weighted by atomic mass is 9.85. The van der Waals surface area contributed by atoms with Crippen LogP contribution >= 0.6 is 0 Å². The predicted molar refractivity (Wildman–Crippen MR) is 253 cm³/mol. The molecule has 0 spiro atoms. The highest BCUT2D eigenvalue weighted by molar-refractivity contribution is 6.02. The van der Waals surface area contributed by atoms with Crippen molar-refractivity contribution in [1.29, 1.82) is 0 Å². The van der Waals surface area contributed by atoms with E-state index in [9.17, 15) is 33.6 Å². The summed E-state index contributed by atoms with van der Waals surface area (Å²) in [7, 11) is 0. The molecule has 21 nitrogen and oxygen atoms in total. The monoisotopic (exact) mass is 951 g/mol. The maximum atomic E-state index is 14.2. The largest absolute Gasteiger partial charge is 0.510 e. The van der Waals surface area contributed by atoms with E-state index in [0.29, 0.717) is 40.1 Å². The Morgan fingerprint density at radius 3 is 2.39 bits per heavy atom. The number of nitrogens with two attached hydrogens (primary N) is 2. The van der Waals surface area contributed by atoms with Gasteiger partial charge >= 0.3 is 18.1 Å². The first-order valence-electron chi connectivity index (χ1n) is 22.4. The summed E-state index contributed by atoms with van der Waals surface area (Å²) < 4.78 is 18.4. The van der Waals surface area contributed by atoms with Crippen molar-refractivity contribution >= 4 is 64.6 Å². The molecule has 2 aliphatic rings. The number of carbonyl (C=O) groups excluding carboxylic acids is 5. The molecule has 0 unspecified atom stereocenters. The first-order valence-corrected chi connectivity index (χ1v) is 22.4. The lowest BCUT2D eigenvalue weighted by Crippen LogP contribution is -2.54. The fraction of sp³-hybridized carbons (Fsp3) is 0.417. The van der Waals surface area contributed by atoms with E-state index in [-0.39, 0.29) is 62.7 Å². The van der Waals surface area contributed by atoms with Gasteiger partial charge in [0, 0.05) is 40.7 Å². The predicted octanol–water partition coefficient (Wildman–Crippen LogP) is 4.07. The molecule has 0 radical (unpaired) electrons. The smallest absolute Gasteiger partial charge is 0.481 e. The summed E-state index contributed by atoms with van der Waals surface area (Å²) in [4.78, 5) is 106. The number of ether oxygens (including phenoxy) is 3. The minimum atomic E-state index is -2.03. The number of guanidine groups is 1. The number of hydrogen-bond acceptors (Lipinski definition) is 14. The molecule has 366 valence electrons. The van der Waals surface area contributed by atoms with Gasteiger partial charge in [-0.05, 0) is 75.8 Å². The number of amides is 3. The fourth-order valence-electron chi connectivity index (χ4n) is 7.86. The van der Waals surface area contributed by atoms with Gasteiger partial charge in [0.15, 0.2) is 5.96 Å². The molecule has 0 bridgehead atoms. The Morgan fingerprint density at radius 1 is 1.00 bits per heavy atom. The Balaban J connectivity index is 1.16.